The maximum Gasteiger partial charge on any atom is 0.457 e. The van der Waals surface area contributed by atoms with E-state index in [1.165, 1.54) is 30.7 Å². The number of hydrogen-bond acceptors (Lipinski definition) is 3. The Hall–Kier alpha value is -1.67. The molecule has 22 heavy (non-hydrogen) atoms. The predicted molar refractivity (Wildman–Crippen MR) is 71.3 cm³/mol. The zero-order chi connectivity index (χ0) is 16.6. The van der Waals surface area contributed by atoms with E-state index in [2.05, 4.69) is 0 Å². The molecule has 8 heteroatoms. The summed E-state index contributed by atoms with van der Waals surface area (Å²) in [5.41, 5.74) is -4.08. The summed E-state index contributed by atoms with van der Waals surface area (Å²) in [6, 6.07) is 6.71. The van der Waals surface area contributed by atoms with Crippen LogP contribution >= 0.6 is 11.3 Å². The standard InChI is InChI=1S/C14H11F5O2S/c1-21-10-6-4-9(5-7-10)12(20,11-3-2-8-22-11)13(15,16)14(17,18)19/h2-8,20H,1H3. The number of halogens is 5. The van der Waals surface area contributed by atoms with Gasteiger partial charge in [-0.05, 0) is 29.1 Å². The quantitative estimate of drug-likeness (QED) is 0.847. The molecule has 0 radical (unpaired) electrons. The van der Waals surface area contributed by atoms with Gasteiger partial charge in [0.2, 0.25) is 0 Å². The highest BCUT2D eigenvalue weighted by atomic mass is 32.1. The van der Waals surface area contributed by atoms with Gasteiger partial charge in [0.15, 0.2) is 5.60 Å². The van der Waals surface area contributed by atoms with Gasteiger partial charge in [-0.25, -0.2) is 0 Å². The molecule has 1 N–H and O–H groups in total. The lowest BCUT2D eigenvalue weighted by atomic mass is 9.85. The molecule has 0 aliphatic rings. The molecular weight excluding hydrogens is 327 g/mol. The lowest BCUT2D eigenvalue weighted by Crippen LogP contribution is -2.55. The molecule has 0 aliphatic carbocycles. The first-order valence-corrected chi connectivity index (χ1v) is 6.88. The number of ether oxygens (including phenoxy) is 1. The van der Waals surface area contributed by atoms with Crippen molar-refractivity contribution in [2.24, 2.45) is 0 Å². The van der Waals surface area contributed by atoms with Gasteiger partial charge in [-0.15, -0.1) is 11.3 Å². The van der Waals surface area contributed by atoms with Crippen molar-refractivity contribution < 1.29 is 31.8 Å². The third kappa shape index (κ3) is 2.46. The molecule has 0 bridgehead atoms. The van der Waals surface area contributed by atoms with Crippen LogP contribution < -0.4 is 4.74 Å². The minimum atomic E-state index is -5.91. The monoisotopic (exact) mass is 338 g/mol. The first kappa shape index (κ1) is 16.7. The third-order valence-electron chi connectivity index (χ3n) is 3.20. The van der Waals surface area contributed by atoms with Crippen molar-refractivity contribution in [2.45, 2.75) is 17.7 Å². The molecule has 0 spiro atoms. The Morgan fingerprint density at radius 3 is 2.00 bits per heavy atom. The Morgan fingerprint density at radius 2 is 1.59 bits per heavy atom. The number of benzene rings is 1. The van der Waals surface area contributed by atoms with Gasteiger partial charge in [0.25, 0.3) is 0 Å². The van der Waals surface area contributed by atoms with Crippen LogP contribution in [0, 0.1) is 0 Å². The van der Waals surface area contributed by atoms with Crippen LogP contribution in [0.3, 0.4) is 0 Å². The van der Waals surface area contributed by atoms with Crippen molar-refractivity contribution in [1.82, 2.24) is 0 Å². The number of methoxy groups -OCH3 is 1. The first-order chi connectivity index (χ1) is 10.1. The molecule has 0 fully saturated rings. The SMILES string of the molecule is COc1ccc(C(O)(c2cccs2)C(F)(F)C(F)(F)F)cc1. The van der Waals surface area contributed by atoms with Gasteiger partial charge in [0.1, 0.15) is 5.75 Å². The normalized spacial score (nSPS) is 15.4. The molecule has 1 unspecified atom stereocenters. The van der Waals surface area contributed by atoms with E-state index in [0.29, 0.717) is 11.3 Å². The van der Waals surface area contributed by atoms with E-state index < -0.39 is 28.1 Å². The van der Waals surface area contributed by atoms with Gasteiger partial charge in [-0.2, -0.15) is 22.0 Å². The van der Waals surface area contributed by atoms with Gasteiger partial charge < -0.3 is 9.84 Å². The summed E-state index contributed by atoms with van der Waals surface area (Å²) in [7, 11) is 1.32. The fourth-order valence-corrected chi connectivity index (χ4v) is 2.88. The molecule has 0 saturated carbocycles. The molecule has 1 atom stereocenters. The molecule has 0 amide bonds. The Labute approximate surface area is 126 Å². The van der Waals surface area contributed by atoms with Gasteiger partial charge in [0.05, 0.1) is 7.11 Å². The summed E-state index contributed by atoms with van der Waals surface area (Å²) in [4.78, 5) is -0.500. The Balaban J connectivity index is 2.66. The van der Waals surface area contributed by atoms with Crippen LogP contribution in [-0.2, 0) is 5.60 Å². The van der Waals surface area contributed by atoms with Crippen LogP contribution in [0.5, 0.6) is 5.75 Å². The zero-order valence-corrected chi connectivity index (χ0v) is 12.0. The second-order valence-corrected chi connectivity index (χ2v) is 5.44. The second kappa shape index (κ2) is 5.51. The lowest BCUT2D eigenvalue weighted by Gasteiger charge is -2.36. The molecule has 1 aromatic heterocycles. The van der Waals surface area contributed by atoms with Crippen LogP contribution in [-0.4, -0.2) is 24.3 Å². The van der Waals surface area contributed by atoms with E-state index in [4.69, 9.17) is 4.74 Å². The van der Waals surface area contributed by atoms with Crippen LogP contribution in [0.4, 0.5) is 22.0 Å². The summed E-state index contributed by atoms with van der Waals surface area (Å²) in [5, 5.41) is 11.7. The fraction of sp³-hybridized carbons (Fsp3) is 0.286. The minimum absolute atomic E-state index is 0.271. The van der Waals surface area contributed by atoms with Gasteiger partial charge in [-0.3, -0.25) is 0 Å². The molecule has 1 heterocycles. The molecule has 1 aromatic carbocycles. The van der Waals surface area contributed by atoms with E-state index >= 15 is 0 Å². The van der Waals surface area contributed by atoms with Crippen molar-refractivity contribution in [1.29, 1.82) is 0 Å². The van der Waals surface area contributed by atoms with E-state index in [9.17, 15) is 27.1 Å². The van der Waals surface area contributed by atoms with Gasteiger partial charge >= 0.3 is 12.1 Å². The molecular formula is C14H11F5O2S. The lowest BCUT2D eigenvalue weighted by molar-refractivity contribution is -0.335. The molecule has 0 aliphatic heterocycles. The van der Waals surface area contributed by atoms with Crippen LogP contribution in [0.15, 0.2) is 41.8 Å². The van der Waals surface area contributed by atoms with Crippen molar-refractivity contribution in [2.75, 3.05) is 7.11 Å². The molecule has 2 nitrogen and oxygen atoms in total. The Morgan fingerprint density at radius 1 is 1.00 bits per heavy atom. The van der Waals surface area contributed by atoms with Crippen molar-refractivity contribution in [3.63, 3.8) is 0 Å². The molecule has 2 rings (SSSR count). The first-order valence-electron chi connectivity index (χ1n) is 6.00. The number of alkyl halides is 5. The third-order valence-corrected chi connectivity index (χ3v) is 4.17. The average molecular weight is 338 g/mol. The number of hydrogen-bond donors (Lipinski definition) is 1. The highest BCUT2D eigenvalue weighted by Crippen LogP contribution is 2.52. The van der Waals surface area contributed by atoms with Crippen molar-refractivity contribution >= 4 is 11.3 Å². The van der Waals surface area contributed by atoms with E-state index in [-0.39, 0.29) is 5.75 Å². The van der Waals surface area contributed by atoms with E-state index in [1.807, 2.05) is 0 Å². The smallest absolute Gasteiger partial charge is 0.457 e. The largest absolute Gasteiger partial charge is 0.497 e. The summed E-state index contributed by atoms with van der Waals surface area (Å²) < 4.78 is 71.3. The van der Waals surface area contributed by atoms with E-state index in [1.54, 1.807) is 0 Å². The number of rotatable bonds is 4. The summed E-state index contributed by atoms with van der Waals surface area (Å²) in [6.07, 6.45) is -5.91. The van der Waals surface area contributed by atoms with Crippen LogP contribution in [0.25, 0.3) is 0 Å². The van der Waals surface area contributed by atoms with E-state index in [0.717, 1.165) is 18.2 Å². The van der Waals surface area contributed by atoms with Crippen molar-refractivity contribution in [3.8, 4) is 5.75 Å². The minimum Gasteiger partial charge on any atom is -0.497 e. The van der Waals surface area contributed by atoms with Crippen molar-refractivity contribution in [3.05, 3.63) is 52.2 Å². The summed E-state index contributed by atoms with van der Waals surface area (Å²) in [6.45, 7) is 0. The highest BCUT2D eigenvalue weighted by Gasteiger charge is 2.71. The average Bonchev–Trinajstić information content (AvgIpc) is 2.99. The molecule has 2 aromatic rings. The molecule has 120 valence electrons. The molecule has 0 saturated heterocycles. The van der Waals surface area contributed by atoms with Gasteiger partial charge in [0, 0.05) is 4.88 Å². The fourth-order valence-electron chi connectivity index (χ4n) is 2.00. The number of thiophene rings is 1. The maximum atomic E-state index is 14.0. The van der Waals surface area contributed by atoms with Crippen LogP contribution in [0.1, 0.15) is 10.4 Å². The highest BCUT2D eigenvalue weighted by molar-refractivity contribution is 7.10. The zero-order valence-electron chi connectivity index (χ0n) is 11.2. The Kier molecular flexibility index (Phi) is 4.18. The summed E-state index contributed by atoms with van der Waals surface area (Å²) in [5.74, 6) is -5.09. The predicted octanol–water partition coefficient (Wildman–Crippen LogP) is 4.19. The van der Waals surface area contributed by atoms with Gasteiger partial charge in [-0.1, -0.05) is 18.2 Å². The second-order valence-electron chi connectivity index (χ2n) is 4.49. The van der Waals surface area contributed by atoms with Crippen LogP contribution in [0.2, 0.25) is 0 Å². The Bertz CT molecular complexity index is 622. The summed E-state index contributed by atoms with van der Waals surface area (Å²) >= 11 is 0.616. The maximum absolute atomic E-state index is 14.0. The topological polar surface area (TPSA) is 29.5 Å². The number of aliphatic hydroxyl groups is 1.